The van der Waals surface area contributed by atoms with Crippen LogP contribution in [0, 0.1) is 0 Å². The SMILES string of the molecule is C[C@H]1S/C(=N\N=C/c2ccc(Cl)cc2)N=C1c1c(O)c2ccccc2oc1=O. The molecule has 2 heterocycles. The Morgan fingerprint density at radius 3 is 2.75 bits per heavy atom. The van der Waals surface area contributed by atoms with Crippen LogP contribution in [0.4, 0.5) is 0 Å². The van der Waals surface area contributed by atoms with Crippen molar-refractivity contribution >= 4 is 51.4 Å². The third-order valence-electron chi connectivity index (χ3n) is 4.15. The number of halogens is 1. The molecule has 1 atom stereocenters. The van der Waals surface area contributed by atoms with Crippen LogP contribution in [0.25, 0.3) is 11.0 Å². The van der Waals surface area contributed by atoms with Gasteiger partial charge in [0.2, 0.25) is 5.17 Å². The highest BCUT2D eigenvalue weighted by Gasteiger charge is 2.29. The molecule has 0 radical (unpaired) electrons. The molecule has 1 aliphatic heterocycles. The van der Waals surface area contributed by atoms with Gasteiger partial charge in [0.1, 0.15) is 16.9 Å². The molecule has 0 saturated heterocycles. The molecule has 1 aliphatic rings. The van der Waals surface area contributed by atoms with Gasteiger partial charge in [-0.15, -0.1) is 5.10 Å². The fourth-order valence-corrected chi connectivity index (χ4v) is 3.76. The molecule has 0 unspecified atom stereocenters. The number of amidine groups is 1. The summed E-state index contributed by atoms with van der Waals surface area (Å²) in [6.07, 6.45) is 1.59. The first-order valence-corrected chi connectivity index (χ1v) is 9.65. The second-order valence-electron chi connectivity index (χ2n) is 6.05. The third-order valence-corrected chi connectivity index (χ3v) is 5.36. The maximum absolute atomic E-state index is 12.4. The zero-order valence-corrected chi connectivity index (χ0v) is 16.2. The van der Waals surface area contributed by atoms with Gasteiger partial charge in [-0.2, -0.15) is 5.10 Å². The van der Waals surface area contributed by atoms with Crippen molar-refractivity contribution in [2.75, 3.05) is 0 Å². The van der Waals surface area contributed by atoms with Crippen LogP contribution in [0.1, 0.15) is 18.1 Å². The predicted molar refractivity (Wildman–Crippen MR) is 114 cm³/mol. The van der Waals surface area contributed by atoms with Crippen LogP contribution in [-0.4, -0.2) is 27.5 Å². The monoisotopic (exact) mass is 411 g/mol. The summed E-state index contributed by atoms with van der Waals surface area (Å²) in [6.45, 7) is 1.88. The molecule has 0 bridgehead atoms. The molecule has 0 fully saturated rings. The Balaban J connectivity index is 1.68. The van der Waals surface area contributed by atoms with E-state index >= 15 is 0 Å². The van der Waals surface area contributed by atoms with Crippen LogP contribution in [0.2, 0.25) is 5.02 Å². The van der Waals surface area contributed by atoms with Gasteiger partial charge >= 0.3 is 5.63 Å². The lowest BCUT2D eigenvalue weighted by Gasteiger charge is -2.08. The number of thioether (sulfide) groups is 1. The van der Waals surface area contributed by atoms with E-state index in [1.165, 1.54) is 11.8 Å². The molecule has 1 N–H and O–H groups in total. The standard InChI is InChI=1S/C20H14ClN3O3S/c1-11-17(16-18(25)14-4-2-3-5-15(14)27-19(16)26)23-20(28-11)24-22-10-12-6-8-13(21)9-7-12/h2-11,25H,1H3/b22-10-,24-20-/t11-/m1/s1. The molecule has 8 heteroatoms. The van der Waals surface area contributed by atoms with Crippen LogP contribution in [0.3, 0.4) is 0 Å². The summed E-state index contributed by atoms with van der Waals surface area (Å²) < 4.78 is 5.33. The quantitative estimate of drug-likeness (QED) is 0.391. The van der Waals surface area contributed by atoms with Gasteiger partial charge in [-0.05, 0) is 36.8 Å². The zero-order chi connectivity index (χ0) is 19.7. The number of aromatic hydroxyl groups is 1. The number of rotatable bonds is 3. The van der Waals surface area contributed by atoms with Crippen molar-refractivity contribution in [1.82, 2.24) is 0 Å². The van der Waals surface area contributed by atoms with E-state index in [1.807, 2.05) is 19.1 Å². The fraction of sp³-hybridized carbons (Fsp3) is 0.100. The number of nitrogens with zero attached hydrogens (tertiary/aromatic N) is 3. The second kappa shape index (κ2) is 7.61. The van der Waals surface area contributed by atoms with Gasteiger partial charge in [0, 0.05) is 5.02 Å². The molecule has 0 spiro atoms. The Hall–Kier alpha value is -2.90. The summed E-state index contributed by atoms with van der Waals surface area (Å²) >= 11 is 7.20. The minimum Gasteiger partial charge on any atom is -0.506 e. The highest BCUT2D eigenvalue weighted by molar-refractivity contribution is 8.15. The number of aliphatic imine (C=N–C) groups is 1. The van der Waals surface area contributed by atoms with Crippen molar-refractivity contribution in [1.29, 1.82) is 0 Å². The minimum atomic E-state index is -0.631. The van der Waals surface area contributed by atoms with E-state index in [2.05, 4.69) is 15.2 Å². The summed E-state index contributed by atoms with van der Waals surface area (Å²) in [5, 5.41) is 20.1. The number of benzene rings is 2. The molecule has 0 saturated carbocycles. The van der Waals surface area contributed by atoms with Gasteiger partial charge in [0.05, 0.1) is 22.6 Å². The number of hydrogen-bond donors (Lipinski definition) is 1. The van der Waals surface area contributed by atoms with Gasteiger partial charge in [-0.1, -0.05) is 47.6 Å². The molecule has 0 amide bonds. The molecule has 140 valence electrons. The average molecular weight is 412 g/mol. The first-order chi connectivity index (χ1) is 13.5. The van der Waals surface area contributed by atoms with Crippen LogP contribution in [-0.2, 0) is 0 Å². The molecule has 28 heavy (non-hydrogen) atoms. The third kappa shape index (κ3) is 3.58. The zero-order valence-electron chi connectivity index (χ0n) is 14.7. The first kappa shape index (κ1) is 18.5. The lowest BCUT2D eigenvalue weighted by atomic mass is 10.1. The Labute approximate surface area is 169 Å². The molecule has 1 aromatic heterocycles. The maximum atomic E-state index is 12.4. The van der Waals surface area contributed by atoms with Crippen molar-refractivity contribution in [3.63, 3.8) is 0 Å². The molecule has 6 nitrogen and oxygen atoms in total. The van der Waals surface area contributed by atoms with E-state index in [0.29, 0.717) is 26.9 Å². The Morgan fingerprint density at radius 2 is 1.96 bits per heavy atom. The highest BCUT2D eigenvalue weighted by atomic mass is 35.5. The summed E-state index contributed by atoms with van der Waals surface area (Å²) in [7, 11) is 0. The van der Waals surface area contributed by atoms with E-state index in [1.54, 1.807) is 42.6 Å². The molecule has 3 aromatic rings. The molecule has 0 aliphatic carbocycles. The molecule has 4 rings (SSSR count). The van der Waals surface area contributed by atoms with Crippen molar-refractivity contribution in [3.8, 4) is 5.75 Å². The van der Waals surface area contributed by atoms with Gasteiger partial charge in [-0.3, -0.25) is 0 Å². The first-order valence-electron chi connectivity index (χ1n) is 8.40. The van der Waals surface area contributed by atoms with Crippen molar-refractivity contribution in [2.45, 2.75) is 12.2 Å². The normalized spacial score (nSPS) is 18.3. The maximum Gasteiger partial charge on any atom is 0.349 e. The van der Waals surface area contributed by atoms with Crippen LogP contribution in [0.5, 0.6) is 5.75 Å². The molecular weight excluding hydrogens is 398 g/mol. The fourth-order valence-electron chi connectivity index (χ4n) is 2.79. The topological polar surface area (TPSA) is 87.5 Å². The van der Waals surface area contributed by atoms with Crippen LogP contribution >= 0.6 is 23.4 Å². The van der Waals surface area contributed by atoms with E-state index in [-0.39, 0.29) is 16.6 Å². The predicted octanol–water partition coefficient (Wildman–Crippen LogP) is 4.47. The van der Waals surface area contributed by atoms with Gasteiger partial charge in [-0.25, -0.2) is 9.79 Å². The minimum absolute atomic E-state index is 0.0607. The summed E-state index contributed by atoms with van der Waals surface area (Å²) in [6, 6.07) is 14.0. The number of hydrogen-bond acceptors (Lipinski definition) is 6. The lowest BCUT2D eigenvalue weighted by molar-refractivity contribution is 0.466. The van der Waals surface area contributed by atoms with E-state index in [0.717, 1.165) is 5.56 Å². The Kier molecular flexibility index (Phi) is 5.02. The number of fused-ring (bicyclic) bond motifs is 1. The smallest absolute Gasteiger partial charge is 0.349 e. The summed E-state index contributed by atoms with van der Waals surface area (Å²) in [5.41, 5.74) is 1.03. The van der Waals surface area contributed by atoms with Gasteiger partial charge in [0.15, 0.2) is 0 Å². The summed E-state index contributed by atoms with van der Waals surface area (Å²) in [4.78, 5) is 16.8. The molecule has 2 aromatic carbocycles. The van der Waals surface area contributed by atoms with Gasteiger partial charge in [0.25, 0.3) is 0 Å². The van der Waals surface area contributed by atoms with E-state index in [9.17, 15) is 9.90 Å². The summed E-state index contributed by atoms with van der Waals surface area (Å²) in [5.74, 6) is -0.135. The Bertz CT molecular complexity index is 1200. The highest BCUT2D eigenvalue weighted by Crippen LogP contribution is 2.32. The van der Waals surface area contributed by atoms with Gasteiger partial charge < -0.3 is 9.52 Å². The van der Waals surface area contributed by atoms with E-state index < -0.39 is 5.63 Å². The van der Waals surface area contributed by atoms with Crippen molar-refractivity contribution in [3.05, 3.63) is 75.1 Å². The number of para-hydroxylation sites is 1. The van der Waals surface area contributed by atoms with Crippen LogP contribution < -0.4 is 5.63 Å². The van der Waals surface area contributed by atoms with Crippen molar-refractivity contribution in [2.24, 2.45) is 15.2 Å². The van der Waals surface area contributed by atoms with E-state index in [4.69, 9.17) is 16.0 Å². The second-order valence-corrected chi connectivity index (χ2v) is 7.79. The molecular formula is C20H14ClN3O3S. The largest absolute Gasteiger partial charge is 0.506 e. The van der Waals surface area contributed by atoms with Crippen molar-refractivity contribution < 1.29 is 9.52 Å². The lowest BCUT2D eigenvalue weighted by Crippen LogP contribution is -2.20. The van der Waals surface area contributed by atoms with Crippen LogP contribution in [0.15, 0.2) is 72.9 Å². The Morgan fingerprint density at radius 1 is 1.21 bits per heavy atom. The average Bonchev–Trinajstić information content (AvgIpc) is 3.04.